The Balaban J connectivity index is 1.26. The number of carbonyl (C=O) groups excluding carboxylic acids is 2. The largest absolute Gasteiger partial charge is 0.495 e. The van der Waals surface area contributed by atoms with E-state index in [0.717, 1.165) is 42.5 Å². The predicted molar refractivity (Wildman–Crippen MR) is 176 cm³/mol. The fraction of sp³-hybridized carbons (Fsp3) is 0.382. The normalized spacial score (nSPS) is 18.5. The minimum Gasteiger partial charge on any atom is -0.495 e. The summed E-state index contributed by atoms with van der Waals surface area (Å²) in [5, 5.41) is 14.7. The van der Waals surface area contributed by atoms with Crippen molar-refractivity contribution in [3.8, 4) is 11.5 Å². The minimum absolute atomic E-state index is 0.0502. The first-order chi connectivity index (χ1) is 22.6. The van der Waals surface area contributed by atoms with Crippen LogP contribution in [0.4, 0.5) is 25.0 Å². The van der Waals surface area contributed by atoms with Gasteiger partial charge in [-0.15, -0.1) is 0 Å². The van der Waals surface area contributed by atoms with Crippen LogP contribution in [0.15, 0.2) is 65.1 Å². The molecule has 5 rings (SSSR count). The van der Waals surface area contributed by atoms with Crippen molar-refractivity contribution in [2.24, 2.45) is 5.92 Å². The molecule has 47 heavy (non-hydrogen) atoms. The van der Waals surface area contributed by atoms with E-state index >= 15 is 0 Å². The number of carboxylic acid groups (broad SMARTS) is 1. The van der Waals surface area contributed by atoms with Crippen LogP contribution in [0.1, 0.15) is 31.2 Å². The molecule has 2 saturated heterocycles. The van der Waals surface area contributed by atoms with Crippen LogP contribution in [0.25, 0.3) is 0 Å². The van der Waals surface area contributed by atoms with E-state index in [1.807, 2.05) is 12.1 Å². The highest BCUT2D eigenvalue weighted by Crippen LogP contribution is 2.31. The van der Waals surface area contributed by atoms with Crippen LogP contribution in [0.2, 0.25) is 0 Å². The van der Waals surface area contributed by atoms with E-state index in [1.54, 1.807) is 35.2 Å². The van der Waals surface area contributed by atoms with E-state index in [9.17, 15) is 23.2 Å². The van der Waals surface area contributed by atoms with E-state index in [-0.39, 0.29) is 43.0 Å². The lowest BCUT2D eigenvalue weighted by Gasteiger charge is -2.35. The third kappa shape index (κ3) is 9.19. The highest BCUT2D eigenvalue weighted by molar-refractivity contribution is 9.10. The van der Waals surface area contributed by atoms with Gasteiger partial charge in [0.25, 0.3) is 0 Å². The van der Waals surface area contributed by atoms with Gasteiger partial charge in [0.15, 0.2) is 11.6 Å². The fourth-order valence-corrected chi connectivity index (χ4v) is 6.55. The molecule has 2 aliphatic rings. The third-order valence-electron chi connectivity index (χ3n) is 8.51. The van der Waals surface area contributed by atoms with Gasteiger partial charge in [-0.3, -0.25) is 9.59 Å². The van der Waals surface area contributed by atoms with E-state index < -0.39 is 29.7 Å². The fourth-order valence-electron chi connectivity index (χ4n) is 6.17. The Kier molecular flexibility index (Phi) is 11.3. The summed E-state index contributed by atoms with van der Waals surface area (Å²) >= 11 is 3.40. The molecule has 2 atom stereocenters. The Morgan fingerprint density at radius 2 is 1.72 bits per heavy atom. The van der Waals surface area contributed by atoms with Gasteiger partial charge in [-0.1, -0.05) is 18.2 Å². The molecular formula is C34H37BrF2N4O6. The third-order valence-corrected chi connectivity index (χ3v) is 9.21. The van der Waals surface area contributed by atoms with Crippen LogP contribution in [-0.2, 0) is 16.0 Å². The van der Waals surface area contributed by atoms with Crippen LogP contribution < -0.4 is 20.1 Å². The minimum atomic E-state index is -0.808. The molecule has 2 unspecified atom stereocenters. The summed E-state index contributed by atoms with van der Waals surface area (Å²) in [4.78, 5) is 41.6. The number of halogens is 3. The maximum absolute atomic E-state index is 14.4. The van der Waals surface area contributed by atoms with Crippen molar-refractivity contribution < 1.29 is 37.7 Å². The summed E-state index contributed by atoms with van der Waals surface area (Å²) in [6.07, 6.45) is 1.67. The summed E-state index contributed by atoms with van der Waals surface area (Å²) in [6.45, 7) is 2.22. The van der Waals surface area contributed by atoms with Crippen molar-refractivity contribution in [3.05, 3.63) is 82.3 Å². The average Bonchev–Trinajstić information content (AvgIpc) is 3.43. The van der Waals surface area contributed by atoms with Crippen molar-refractivity contribution in [3.63, 3.8) is 0 Å². The number of methoxy groups -OCH3 is 1. The van der Waals surface area contributed by atoms with Crippen LogP contribution in [0.5, 0.6) is 11.5 Å². The molecule has 2 heterocycles. The molecule has 2 aliphatic heterocycles. The first kappa shape index (κ1) is 34.1. The number of para-hydroxylation sites is 1. The summed E-state index contributed by atoms with van der Waals surface area (Å²) in [5.74, 6) is -2.03. The van der Waals surface area contributed by atoms with E-state index in [1.165, 1.54) is 13.2 Å². The lowest BCUT2D eigenvalue weighted by molar-refractivity contribution is -0.138. The second-order valence-corrected chi connectivity index (χ2v) is 12.7. The quantitative estimate of drug-likeness (QED) is 0.218. The molecule has 0 aliphatic carbocycles. The maximum Gasteiger partial charge on any atom is 0.323 e. The Hall–Kier alpha value is -4.23. The van der Waals surface area contributed by atoms with E-state index in [2.05, 4.69) is 31.5 Å². The molecular weight excluding hydrogens is 678 g/mol. The molecule has 0 bridgehead atoms. The number of carbonyl (C=O) groups is 3. The van der Waals surface area contributed by atoms with Gasteiger partial charge in [0.05, 0.1) is 31.5 Å². The monoisotopic (exact) mass is 714 g/mol. The van der Waals surface area contributed by atoms with E-state index in [4.69, 9.17) is 14.6 Å². The molecule has 13 heteroatoms. The number of hydrogen-bond donors (Lipinski definition) is 3. The van der Waals surface area contributed by atoms with E-state index in [0.29, 0.717) is 35.7 Å². The number of rotatable bonds is 11. The van der Waals surface area contributed by atoms with Gasteiger partial charge in [0, 0.05) is 36.0 Å². The summed E-state index contributed by atoms with van der Waals surface area (Å²) < 4.78 is 40.1. The molecule has 0 saturated carbocycles. The van der Waals surface area contributed by atoms with Crippen LogP contribution in [0, 0.1) is 17.6 Å². The number of carboxylic acids is 1. The van der Waals surface area contributed by atoms with Gasteiger partial charge >= 0.3 is 12.0 Å². The molecule has 3 aromatic carbocycles. The summed E-state index contributed by atoms with van der Waals surface area (Å²) in [7, 11) is 1.48. The molecule has 0 spiro atoms. The van der Waals surface area contributed by atoms with Crippen molar-refractivity contribution in [1.82, 2.24) is 9.80 Å². The van der Waals surface area contributed by atoms with Crippen molar-refractivity contribution in [2.45, 2.75) is 44.2 Å². The number of piperidine rings is 1. The molecule has 250 valence electrons. The molecule has 3 amide bonds. The summed E-state index contributed by atoms with van der Waals surface area (Å²) in [6, 6.07) is 14.8. The van der Waals surface area contributed by atoms with Crippen molar-refractivity contribution >= 4 is 45.2 Å². The number of ether oxygens (including phenoxy) is 2. The van der Waals surface area contributed by atoms with Gasteiger partial charge < -0.3 is 35.0 Å². The van der Waals surface area contributed by atoms with Crippen LogP contribution >= 0.6 is 15.9 Å². The number of urea groups is 1. The highest BCUT2D eigenvalue weighted by atomic mass is 79.9. The topological polar surface area (TPSA) is 120 Å². The number of anilines is 2. The van der Waals surface area contributed by atoms with Crippen LogP contribution in [0.3, 0.4) is 0 Å². The smallest absolute Gasteiger partial charge is 0.323 e. The Morgan fingerprint density at radius 3 is 2.43 bits per heavy atom. The zero-order valence-corrected chi connectivity index (χ0v) is 27.5. The molecule has 10 nitrogen and oxygen atoms in total. The number of hydrogen-bond acceptors (Lipinski definition) is 6. The predicted octanol–water partition coefficient (Wildman–Crippen LogP) is 6.16. The molecule has 0 radical (unpaired) electrons. The summed E-state index contributed by atoms with van der Waals surface area (Å²) in [5.41, 5.74) is 1.69. The van der Waals surface area contributed by atoms with Crippen molar-refractivity contribution in [2.75, 3.05) is 43.9 Å². The number of likely N-dealkylation sites (tertiary alicyclic amines) is 2. The number of nitrogens with one attached hydrogen (secondary N) is 2. The first-order valence-corrected chi connectivity index (χ1v) is 16.2. The van der Waals surface area contributed by atoms with Gasteiger partial charge in [0.1, 0.15) is 17.7 Å². The Labute approximate surface area is 280 Å². The SMILES string of the molecule is COc1cc(CC(=O)N2CC(Oc3ccc(F)cc3F)CC2CN2CCC(CC(=O)O)CC2)ccc1NC(=O)Nc1ccccc1Br. The second kappa shape index (κ2) is 15.6. The highest BCUT2D eigenvalue weighted by Gasteiger charge is 2.38. The molecule has 0 aromatic heterocycles. The first-order valence-electron chi connectivity index (χ1n) is 15.4. The lowest BCUT2D eigenvalue weighted by atomic mass is 9.93. The van der Waals surface area contributed by atoms with Gasteiger partial charge in [-0.2, -0.15) is 0 Å². The Bertz CT molecular complexity index is 1600. The van der Waals surface area contributed by atoms with Gasteiger partial charge in [-0.25, -0.2) is 13.6 Å². The standard InChI is InChI=1S/C34H37BrF2N4O6/c1-46-31-14-22(6-8-29(31)39-34(45)38-28-5-3-2-4-26(28)35)15-32(42)41-20-25(47-30-9-7-23(36)17-27(30)37)18-24(41)19-40-12-10-21(11-13-40)16-33(43)44/h2-9,14,17,21,24-25H,10-13,15-16,18-20H2,1H3,(H,43,44)(H2,38,39,45). The number of aliphatic carboxylic acids is 1. The van der Waals surface area contributed by atoms with Gasteiger partial charge in [-0.05, 0) is 89.7 Å². The molecule has 3 aromatic rings. The number of amides is 3. The number of nitrogens with zero attached hydrogens (tertiary/aromatic N) is 2. The lowest BCUT2D eigenvalue weighted by Crippen LogP contribution is -2.46. The van der Waals surface area contributed by atoms with Crippen LogP contribution in [-0.4, -0.2) is 78.2 Å². The van der Waals surface area contributed by atoms with Crippen molar-refractivity contribution in [1.29, 1.82) is 0 Å². The number of benzene rings is 3. The maximum atomic E-state index is 14.4. The zero-order valence-electron chi connectivity index (χ0n) is 25.9. The zero-order chi connectivity index (χ0) is 33.5. The Morgan fingerprint density at radius 1 is 0.979 bits per heavy atom. The second-order valence-electron chi connectivity index (χ2n) is 11.9. The van der Waals surface area contributed by atoms with Gasteiger partial charge in [0.2, 0.25) is 5.91 Å². The average molecular weight is 716 g/mol. The molecule has 2 fully saturated rings. The molecule has 3 N–H and O–H groups in total.